The van der Waals surface area contributed by atoms with Crippen molar-refractivity contribution in [2.75, 3.05) is 19.7 Å². The topological polar surface area (TPSA) is 49.8 Å². The molecule has 6 heteroatoms. The van der Waals surface area contributed by atoms with Gasteiger partial charge < -0.3 is 9.84 Å². The van der Waals surface area contributed by atoms with Crippen molar-refractivity contribution in [1.82, 2.24) is 4.90 Å². The quantitative estimate of drug-likeness (QED) is 0.820. The molecule has 0 bridgehead atoms. The van der Waals surface area contributed by atoms with Crippen molar-refractivity contribution in [3.05, 3.63) is 65.2 Å². The lowest BCUT2D eigenvalue weighted by atomic mass is 9.91. The number of aliphatic carboxylic acids is 1. The van der Waals surface area contributed by atoms with Crippen LogP contribution in [0.3, 0.4) is 0 Å². The van der Waals surface area contributed by atoms with Gasteiger partial charge in [0.25, 0.3) is 0 Å². The minimum absolute atomic E-state index is 0.315. The van der Waals surface area contributed by atoms with E-state index >= 15 is 0 Å². The van der Waals surface area contributed by atoms with Gasteiger partial charge in [0.05, 0.1) is 18.6 Å². The molecule has 0 radical (unpaired) electrons. The fourth-order valence-corrected chi connectivity index (χ4v) is 3.69. The highest BCUT2D eigenvalue weighted by Gasteiger charge is 2.32. The Morgan fingerprint density at radius 1 is 1.30 bits per heavy atom. The summed E-state index contributed by atoms with van der Waals surface area (Å²) in [7, 11) is 0. The molecule has 1 fully saturated rings. The van der Waals surface area contributed by atoms with E-state index in [1.54, 1.807) is 0 Å². The minimum Gasteiger partial charge on any atom is -0.494 e. The molecule has 2 aromatic rings. The molecule has 1 heterocycles. The fraction of sp³-hybridized carbons (Fsp3) is 0.381. The van der Waals surface area contributed by atoms with E-state index in [9.17, 15) is 18.7 Å². The maximum absolute atomic E-state index is 14.6. The first-order valence-corrected chi connectivity index (χ1v) is 9.14. The largest absolute Gasteiger partial charge is 0.494 e. The maximum Gasteiger partial charge on any atom is 0.307 e. The molecule has 2 atom stereocenters. The molecule has 1 aliphatic heterocycles. The number of hydrogen-bond donors (Lipinski definition) is 1. The molecule has 144 valence electrons. The van der Waals surface area contributed by atoms with Crippen LogP contribution >= 0.6 is 0 Å². The Morgan fingerprint density at radius 3 is 2.81 bits per heavy atom. The summed E-state index contributed by atoms with van der Waals surface area (Å²) >= 11 is 0. The van der Waals surface area contributed by atoms with Crippen molar-refractivity contribution in [3.8, 4) is 5.75 Å². The SMILES string of the molecule is CCOc1cccc(C(c2ccc(F)cc2F)N2CCCC(C(=O)O)C2)c1. The number of carboxylic acid groups (broad SMARTS) is 1. The third-order valence-corrected chi connectivity index (χ3v) is 4.91. The first-order valence-electron chi connectivity index (χ1n) is 9.14. The molecule has 0 aromatic heterocycles. The van der Waals surface area contributed by atoms with Crippen molar-refractivity contribution in [2.24, 2.45) is 5.92 Å². The molecule has 1 aliphatic rings. The highest BCUT2D eigenvalue weighted by Crippen LogP contribution is 2.35. The Kier molecular flexibility index (Phi) is 6.06. The average Bonchev–Trinajstić information content (AvgIpc) is 2.65. The summed E-state index contributed by atoms with van der Waals surface area (Å²) in [6.07, 6.45) is 1.31. The van der Waals surface area contributed by atoms with Crippen molar-refractivity contribution in [2.45, 2.75) is 25.8 Å². The fourth-order valence-electron chi connectivity index (χ4n) is 3.69. The van der Waals surface area contributed by atoms with E-state index < -0.39 is 29.6 Å². The van der Waals surface area contributed by atoms with Crippen LogP contribution in [-0.4, -0.2) is 35.7 Å². The normalized spacial score (nSPS) is 18.9. The Labute approximate surface area is 157 Å². The van der Waals surface area contributed by atoms with E-state index in [4.69, 9.17) is 4.74 Å². The zero-order chi connectivity index (χ0) is 19.4. The highest BCUT2D eigenvalue weighted by atomic mass is 19.1. The number of benzene rings is 2. The van der Waals surface area contributed by atoms with E-state index in [1.165, 1.54) is 12.1 Å². The summed E-state index contributed by atoms with van der Waals surface area (Å²) < 4.78 is 33.6. The molecule has 0 spiro atoms. The van der Waals surface area contributed by atoms with Gasteiger partial charge in [-0.25, -0.2) is 8.78 Å². The van der Waals surface area contributed by atoms with Crippen LogP contribution in [0.25, 0.3) is 0 Å². The van der Waals surface area contributed by atoms with Gasteiger partial charge in [0.1, 0.15) is 17.4 Å². The summed E-state index contributed by atoms with van der Waals surface area (Å²) in [5.41, 5.74) is 1.12. The molecule has 2 aromatic carbocycles. The van der Waals surface area contributed by atoms with Crippen molar-refractivity contribution >= 4 is 5.97 Å². The molecule has 2 unspecified atom stereocenters. The zero-order valence-electron chi connectivity index (χ0n) is 15.2. The zero-order valence-corrected chi connectivity index (χ0v) is 15.2. The van der Waals surface area contributed by atoms with Gasteiger partial charge in [0.2, 0.25) is 0 Å². The molecule has 1 N–H and O–H groups in total. The number of likely N-dealkylation sites (tertiary alicyclic amines) is 1. The van der Waals surface area contributed by atoms with Crippen LogP contribution in [0.5, 0.6) is 5.75 Å². The van der Waals surface area contributed by atoms with Crippen LogP contribution < -0.4 is 4.74 Å². The van der Waals surface area contributed by atoms with E-state index in [-0.39, 0.29) is 0 Å². The summed E-state index contributed by atoms with van der Waals surface area (Å²) in [4.78, 5) is 13.4. The van der Waals surface area contributed by atoms with E-state index in [2.05, 4.69) is 0 Å². The van der Waals surface area contributed by atoms with E-state index in [0.29, 0.717) is 43.9 Å². The van der Waals surface area contributed by atoms with Crippen molar-refractivity contribution in [3.63, 3.8) is 0 Å². The van der Waals surface area contributed by atoms with Gasteiger partial charge in [0, 0.05) is 18.2 Å². The van der Waals surface area contributed by atoms with Crippen LogP contribution in [0.2, 0.25) is 0 Å². The predicted octanol–water partition coefficient (Wildman–Crippen LogP) is 4.25. The molecule has 0 aliphatic carbocycles. The van der Waals surface area contributed by atoms with E-state index in [1.807, 2.05) is 36.1 Å². The van der Waals surface area contributed by atoms with E-state index in [0.717, 1.165) is 11.6 Å². The second kappa shape index (κ2) is 8.48. The molecule has 27 heavy (non-hydrogen) atoms. The van der Waals surface area contributed by atoms with Crippen molar-refractivity contribution < 1.29 is 23.4 Å². The maximum atomic E-state index is 14.6. The smallest absolute Gasteiger partial charge is 0.307 e. The van der Waals surface area contributed by atoms with Crippen LogP contribution in [0.1, 0.15) is 36.9 Å². The summed E-state index contributed by atoms with van der Waals surface area (Å²) in [6, 6.07) is 10.4. The molecule has 0 amide bonds. The molecule has 1 saturated heterocycles. The lowest BCUT2D eigenvalue weighted by Gasteiger charge is -2.37. The van der Waals surface area contributed by atoms with Gasteiger partial charge in [-0.05, 0) is 50.1 Å². The monoisotopic (exact) mass is 375 g/mol. The average molecular weight is 375 g/mol. The molecular formula is C21H23F2NO3. The van der Waals surface area contributed by atoms with Crippen LogP contribution in [0.4, 0.5) is 8.78 Å². The number of ether oxygens (including phenoxy) is 1. The Hall–Kier alpha value is -2.47. The molecular weight excluding hydrogens is 352 g/mol. The highest BCUT2D eigenvalue weighted by molar-refractivity contribution is 5.70. The number of piperidine rings is 1. The summed E-state index contributed by atoms with van der Waals surface area (Å²) in [5, 5.41) is 9.41. The Balaban J connectivity index is 2.03. The lowest BCUT2D eigenvalue weighted by Crippen LogP contribution is -2.41. The molecule has 3 rings (SSSR count). The minimum atomic E-state index is -0.846. The van der Waals surface area contributed by atoms with Crippen LogP contribution in [0, 0.1) is 17.6 Å². The van der Waals surface area contributed by atoms with Gasteiger partial charge in [-0.3, -0.25) is 9.69 Å². The van der Waals surface area contributed by atoms with Gasteiger partial charge in [0.15, 0.2) is 0 Å². The Morgan fingerprint density at radius 2 is 2.11 bits per heavy atom. The lowest BCUT2D eigenvalue weighted by molar-refractivity contribution is -0.143. The van der Waals surface area contributed by atoms with Gasteiger partial charge >= 0.3 is 5.97 Å². The Bertz CT molecular complexity index is 812. The second-order valence-corrected chi connectivity index (χ2v) is 6.75. The third kappa shape index (κ3) is 4.45. The predicted molar refractivity (Wildman–Crippen MR) is 97.7 cm³/mol. The third-order valence-electron chi connectivity index (χ3n) is 4.91. The first-order chi connectivity index (χ1) is 13.0. The molecule has 4 nitrogen and oxygen atoms in total. The van der Waals surface area contributed by atoms with Gasteiger partial charge in [-0.2, -0.15) is 0 Å². The number of carboxylic acids is 1. The summed E-state index contributed by atoms with van der Waals surface area (Å²) in [5.74, 6) is -1.96. The van der Waals surface area contributed by atoms with Crippen molar-refractivity contribution in [1.29, 1.82) is 0 Å². The first kappa shape index (κ1) is 19.3. The number of halogens is 2. The number of hydrogen-bond acceptors (Lipinski definition) is 3. The number of rotatable bonds is 6. The second-order valence-electron chi connectivity index (χ2n) is 6.75. The van der Waals surface area contributed by atoms with Gasteiger partial charge in [-0.1, -0.05) is 18.2 Å². The van der Waals surface area contributed by atoms with Crippen LogP contribution in [-0.2, 0) is 4.79 Å². The number of nitrogens with zero attached hydrogens (tertiary/aromatic N) is 1. The van der Waals surface area contributed by atoms with Crippen LogP contribution in [0.15, 0.2) is 42.5 Å². The number of carbonyl (C=O) groups is 1. The standard InChI is InChI=1S/C21H23F2NO3/c1-2-27-17-7-3-5-14(11-17)20(18-9-8-16(22)12-19(18)23)24-10-4-6-15(13-24)21(25)26/h3,5,7-9,11-12,15,20H,2,4,6,10,13H2,1H3,(H,25,26). The van der Waals surface area contributed by atoms with Gasteiger partial charge in [-0.15, -0.1) is 0 Å². The summed E-state index contributed by atoms with van der Waals surface area (Å²) in [6.45, 7) is 3.34. The molecule has 0 saturated carbocycles.